The molecular formula is C12H11FN2OS. The molecule has 0 unspecified atom stereocenters. The Labute approximate surface area is 103 Å². The third-order valence-electron chi connectivity index (χ3n) is 2.49. The minimum absolute atomic E-state index is 0.185. The number of aromatic nitrogens is 2. The van der Waals surface area contributed by atoms with Crippen molar-refractivity contribution in [3.8, 4) is 5.69 Å². The molecule has 0 radical (unpaired) electrons. The van der Waals surface area contributed by atoms with Crippen LogP contribution in [0.15, 0.2) is 41.3 Å². The van der Waals surface area contributed by atoms with Gasteiger partial charge in [-0.3, -0.25) is 9.36 Å². The maximum Gasteiger partial charge on any atom is 0.258 e. The molecule has 88 valence electrons. The molecule has 1 aromatic heterocycles. The summed E-state index contributed by atoms with van der Waals surface area (Å²) < 4.78 is 16.9. The molecule has 2 aromatic rings. The summed E-state index contributed by atoms with van der Waals surface area (Å²) >= 11 is 5.18. The summed E-state index contributed by atoms with van der Waals surface area (Å²) in [5, 5.41) is 0. The standard InChI is InChI=1S/C12H11FN2OS/c1-2-14-8-7-11(16)15(12(14)17)10-6-4-3-5-9(10)13/h3-8H,2H2,1H3. The van der Waals surface area contributed by atoms with Crippen molar-refractivity contribution in [1.82, 2.24) is 9.13 Å². The molecule has 0 fully saturated rings. The lowest BCUT2D eigenvalue weighted by molar-refractivity contribution is 0.605. The maximum atomic E-state index is 13.7. The highest BCUT2D eigenvalue weighted by atomic mass is 32.1. The number of hydrogen-bond acceptors (Lipinski definition) is 2. The smallest absolute Gasteiger partial charge is 0.258 e. The van der Waals surface area contributed by atoms with Crippen molar-refractivity contribution in [2.24, 2.45) is 0 Å². The Balaban J connectivity index is 2.81. The predicted molar refractivity (Wildman–Crippen MR) is 66.5 cm³/mol. The van der Waals surface area contributed by atoms with E-state index in [1.54, 1.807) is 22.9 Å². The molecule has 2 rings (SSSR count). The fourth-order valence-corrected chi connectivity index (χ4v) is 1.99. The van der Waals surface area contributed by atoms with E-state index in [-0.39, 0.29) is 11.2 Å². The first-order chi connectivity index (χ1) is 8.15. The molecule has 1 aromatic carbocycles. The van der Waals surface area contributed by atoms with Gasteiger partial charge in [-0.05, 0) is 31.3 Å². The van der Waals surface area contributed by atoms with Crippen LogP contribution in [0, 0.1) is 10.6 Å². The maximum absolute atomic E-state index is 13.7. The third kappa shape index (κ3) is 2.06. The van der Waals surface area contributed by atoms with Gasteiger partial charge in [-0.25, -0.2) is 4.39 Å². The Morgan fingerprint density at radius 1 is 1.29 bits per heavy atom. The normalized spacial score (nSPS) is 10.5. The molecule has 0 aliphatic rings. The molecule has 0 atom stereocenters. The Hall–Kier alpha value is -1.75. The van der Waals surface area contributed by atoms with Gasteiger partial charge in [0.25, 0.3) is 5.56 Å². The van der Waals surface area contributed by atoms with Crippen LogP contribution < -0.4 is 5.56 Å². The molecule has 1 heterocycles. The number of aryl methyl sites for hydroxylation is 1. The average Bonchev–Trinajstić information content (AvgIpc) is 2.32. The Kier molecular flexibility index (Phi) is 3.19. The fourth-order valence-electron chi connectivity index (χ4n) is 1.61. The van der Waals surface area contributed by atoms with Gasteiger partial charge in [0, 0.05) is 18.8 Å². The first kappa shape index (κ1) is 11.7. The van der Waals surface area contributed by atoms with Gasteiger partial charge in [-0.1, -0.05) is 12.1 Å². The second-order valence-electron chi connectivity index (χ2n) is 3.51. The van der Waals surface area contributed by atoms with Crippen molar-refractivity contribution in [2.45, 2.75) is 13.5 Å². The number of para-hydroxylation sites is 1. The molecule has 0 amide bonds. The number of benzene rings is 1. The zero-order valence-electron chi connectivity index (χ0n) is 9.26. The van der Waals surface area contributed by atoms with E-state index in [4.69, 9.17) is 12.2 Å². The van der Waals surface area contributed by atoms with E-state index in [1.165, 1.54) is 22.8 Å². The number of hydrogen-bond donors (Lipinski definition) is 0. The SMILES string of the molecule is CCn1ccc(=O)n(-c2ccccc2F)c1=S. The molecular weight excluding hydrogens is 239 g/mol. The van der Waals surface area contributed by atoms with Crippen LogP contribution in [0.5, 0.6) is 0 Å². The lowest BCUT2D eigenvalue weighted by Crippen LogP contribution is -2.22. The molecule has 5 heteroatoms. The fraction of sp³-hybridized carbons (Fsp3) is 0.167. The summed E-state index contributed by atoms with van der Waals surface area (Å²) in [6.45, 7) is 2.54. The Bertz CT molecular complexity index is 660. The average molecular weight is 250 g/mol. The molecule has 0 aliphatic carbocycles. The molecule has 0 spiro atoms. The van der Waals surface area contributed by atoms with Crippen molar-refractivity contribution in [3.05, 3.63) is 57.5 Å². The van der Waals surface area contributed by atoms with Gasteiger partial charge in [0.15, 0.2) is 4.77 Å². The Morgan fingerprint density at radius 2 is 2.00 bits per heavy atom. The van der Waals surface area contributed by atoms with E-state index in [0.717, 1.165) is 0 Å². The van der Waals surface area contributed by atoms with E-state index in [9.17, 15) is 9.18 Å². The highest BCUT2D eigenvalue weighted by Crippen LogP contribution is 2.11. The van der Waals surface area contributed by atoms with Crippen molar-refractivity contribution in [1.29, 1.82) is 0 Å². The van der Waals surface area contributed by atoms with E-state index >= 15 is 0 Å². The van der Waals surface area contributed by atoms with Crippen LogP contribution in [0.1, 0.15) is 6.92 Å². The predicted octanol–water partition coefficient (Wildman–Crippen LogP) is 2.53. The van der Waals surface area contributed by atoms with E-state index in [0.29, 0.717) is 11.3 Å². The minimum Gasteiger partial charge on any atom is -0.325 e. The third-order valence-corrected chi connectivity index (χ3v) is 2.91. The summed E-state index contributed by atoms with van der Waals surface area (Å²) in [5.74, 6) is -0.463. The summed E-state index contributed by atoms with van der Waals surface area (Å²) in [5.41, 5.74) is -0.143. The van der Waals surface area contributed by atoms with Gasteiger partial charge in [0.1, 0.15) is 5.82 Å². The van der Waals surface area contributed by atoms with E-state index < -0.39 is 5.82 Å². The van der Waals surface area contributed by atoms with E-state index in [1.807, 2.05) is 6.92 Å². The van der Waals surface area contributed by atoms with E-state index in [2.05, 4.69) is 0 Å². The number of nitrogens with zero attached hydrogens (tertiary/aromatic N) is 2. The summed E-state index contributed by atoms with van der Waals surface area (Å²) in [4.78, 5) is 11.8. The van der Waals surface area contributed by atoms with Crippen LogP contribution in [0.4, 0.5) is 4.39 Å². The largest absolute Gasteiger partial charge is 0.325 e. The molecule has 0 saturated heterocycles. The minimum atomic E-state index is -0.463. The Morgan fingerprint density at radius 3 is 2.65 bits per heavy atom. The topological polar surface area (TPSA) is 26.9 Å². The first-order valence-corrected chi connectivity index (χ1v) is 5.63. The second kappa shape index (κ2) is 4.63. The van der Waals surface area contributed by atoms with Crippen molar-refractivity contribution in [2.75, 3.05) is 0 Å². The van der Waals surface area contributed by atoms with Crippen molar-refractivity contribution >= 4 is 12.2 Å². The number of halogens is 1. The monoisotopic (exact) mass is 250 g/mol. The van der Waals surface area contributed by atoms with Crippen molar-refractivity contribution in [3.63, 3.8) is 0 Å². The molecule has 0 N–H and O–H groups in total. The zero-order valence-corrected chi connectivity index (χ0v) is 10.1. The van der Waals surface area contributed by atoms with Gasteiger partial charge in [0.05, 0.1) is 5.69 Å². The van der Waals surface area contributed by atoms with Crippen LogP contribution >= 0.6 is 12.2 Å². The van der Waals surface area contributed by atoms with Crippen LogP contribution in [0.25, 0.3) is 5.69 Å². The molecule has 0 aliphatic heterocycles. The van der Waals surface area contributed by atoms with Crippen LogP contribution in [-0.2, 0) is 6.54 Å². The van der Waals surface area contributed by atoms with Gasteiger partial charge >= 0.3 is 0 Å². The lowest BCUT2D eigenvalue weighted by Gasteiger charge is -2.10. The summed E-state index contributed by atoms with van der Waals surface area (Å²) in [6.07, 6.45) is 1.61. The van der Waals surface area contributed by atoms with Crippen LogP contribution in [0.3, 0.4) is 0 Å². The number of rotatable bonds is 2. The zero-order chi connectivity index (χ0) is 12.4. The van der Waals surface area contributed by atoms with Gasteiger partial charge in [0.2, 0.25) is 0 Å². The van der Waals surface area contributed by atoms with Crippen LogP contribution in [0.2, 0.25) is 0 Å². The highest BCUT2D eigenvalue weighted by Gasteiger charge is 2.07. The van der Waals surface area contributed by atoms with Gasteiger partial charge in [-0.15, -0.1) is 0 Å². The molecule has 0 saturated carbocycles. The van der Waals surface area contributed by atoms with Crippen molar-refractivity contribution < 1.29 is 4.39 Å². The quantitative estimate of drug-likeness (QED) is 0.766. The highest BCUT2D eigenvalue weighted by molar-refractivity contribution is 7.71. The molecule has 3 nitrogen and oxygen atoms in total. The molecule has 0 bridgehead atoms. The summed E-state index contributed by atoms with van der Waals surface area (Å²) in [7, 11) is 0. The van der Waals surface area contributed by atoms with Crippen LogP contribution in [-0.4, -0.2) is 9.13 Å². The summed E-state index contributed by atoms with van der Waals surface area (Å²) in [6, 6.07) is 7.46. The first-order valence-electron chi connectivity index (χ1n) is 5.22. The molecule has 17 heavy (non-hydrogen) atoms. The second-order valence-corrected chi connectivity index (χ2v) is 3.87. The lowest BCUT2D eigenvalue weighted by atomic mass is 10.3. The van der Waals surface area contributed by atoms with Gasteiger partial charge < -0.3 is 4.57 Å². The van der Waals surface area contributed by atoms with Gasteiger partial charge in [-0.2, -0.15) is 0 Å².